The van der Waals surface area contributed by atoms with Gasteiger partial charge in [-0.25, -0.2) is 0 Å². The monoisotopic (exact) mass is 461 g/mol. The Balaban J connectivity index is 1.24. The number of aromatic nitrogens is 2. The van der Waals surface area contributed by atoms with Crippen molar-refractivity contribution in [3.05, 3.63) is 53.0 Å². The predicted octanol–water partition coefficient (Wildman–Crippen LogP) is 3.55. The topological polar surface area (TPSA) is 86.5 Å². The third-order valence-corrected chi connectivity index (χ3v) is 5.21. The van der Waals surface area contributed by atoms with E-state index in [9.17, 15) is 4.79 Å². The highest BCUT2D eigenvalue weighted by atomic mass is 79.9. The van der Waals surface area contributed by atoms with Gasteiger partial charge < -0.3 is 19.2 Å². The van der Waals surface area contributed by atoms with Gasteiger partial charge in [0.1, 0.15) is 12.7 Å². The zero-order valence-corrected chi connectivity index (χ0v) is 17.0. The van der Waals surface area contributed by atoms with Crippen molar-refractivity contribution in [1.29, 1.82) is 0 Å². The third kappa shape index (κ3) is 4.66. The van der Waals surface area contributed by atoms with E-state index in [1.54, 1.807) is 0 Å². The minimum atomic E-state index is -0.226. The van der Waals surface area contributed by atoms with Crippen molar-refractivity contribution in [2.45, 2.75) is 11.3 Å². The molecule has 1 atom stereocenters. The molecule has 1 amide bonds. The molecular formula is C19H16BrN3O4S. The van der Waals surface area contributed by atoms with Gasteiger partial charge in [0.05, 0.1) is 12.3 Å². The summed E-state index contributed by atoms with van der Waals surface area (Å²) in [5.41, 5.74) is 0.813. The molecule has 4 rings (SSSR count). The van der Waals surface area contributed by atoms with Gasteiger partial charge in [0.25, 0.3) is 5.22 Å². The summed E-state index contributed by atoms with van der Waals surface area (Å²) in [5, 5.41) is 11.2. The van der Waals surface area contributed by atoms with E-state index in [0.29, 0.717) is 30.0 Å². The number of hydrogen-bond donors (Lipinski definition) is 1. The number of nitrogens with one attached hydrogen (secondary N) is 1. The van der Waals surface area contributed by atoms with Crippen LogP contribution < -0.4 is 14.8 Å². The Morgan fingerprint density at radius 2 is 2.04 bits per heavy atom. The molecule has 2 aromatic carbocycles. The van der Waals surface area contributed by atoms with Crippen LogP contribution in [0.2, 0.25) is 0 Å². The smallest absolute Gasteiger partial charge is 0.277 e. The Bertz CT molecular complexity index is 981. The van der Waals surface area contributed by atoms with Crippen LogP contribution in [0.5, 0.6) is 11.5 Å². The summed E-state index contributed by atoms with van der Waals surface area (Å²) >= 11 is 4.60. The average Bonchev–Trinajstić information content (AvgIpc) is 3.20. The Labute approximate surface area is 173 Å². The summed E-state index contributed by atoms with van der Waals surface area (Å²) in [6, 6.07) is 15.0. The number of carbonyl (C=O) groups excluding carboxylic acids is 1. The number of para-hydroxylation sites is 2. The van der Waals surface area contributed by atoms with E-state index >= 15 is 0 Å². The molecule has 28 heavy (non-hydrogen) atoms. The van der Waals surface area contributed by atoms with Crippen molar-refractivity contribution in [2.24, 2.45) is 0 Å². The molecule has 0 fully saturated rings. The Morgan fingerprint density at radius 1 is 1.18 bits per heavy atom. The normalized spacial score (nSPS) is 15.2. The quantitative estimate of drug-likeness (QED) is 0.561. The molecule has 3 aromatic rings. The molecule has 1 aliphatic heterocycles. The summed E-state index contributed by atoms with van der Waals surface area (Å²) in [6.07, 6.45) is -0.226. The minimum Gasteiger partial charge on any atom is -0.486 e. The van der Waals surface area contributed by atoms with E-state index in [1.807, 2.05) is 48.5 Å². The summed E-state index contributed by atoms with van der Waals surface area (Å²) in [4.78, 5) is 12.1. The van der Waals surface area contributed by atoms with Crippen LogP contribution in [-0.4, -0.2) is 41.1 Å². The van der Waals surface area contributed by atoms with Crippen molar-refractivity contribution in [1.82, 2.24) is 15.5 Å². The minimum absolute atomic E-state index is 0.144. The van der Waals surface area contributed by atoms with Crippen LogP contribution in [0.15, 0.2) is 62.6 Å². The number of nitrogens with zero attached hydrogens (tertiary/aromatic N) is 2. The van der Waals surface area contributed by atoms with Gasteiger partial charge in [-0.15, -0.1) is 10.2 Å². The second kappa shape index (κ2) is 8.66. The van der Waals surface area contributed by atoms with Crippen molar-refractivity contribution < 1.29 is 18.7 Å². The molecular weight excluding hydrogens is 446 g/mol. The lowest BCUT2D eigenvalue weighted by molar-refractivity contribution is -0.119. The van der Waals surface area contributed by atoms with Crippen molar-refractivity contribution in [3.63, 3.8) is 0 Å². The molecule has 0 spiro atoms. The highest BCUT2D eigenvalue weighted by molar-refractivity contribution is 9.10. The van der Waals surface area contributed by atoms with Crippen LogP contribution in [-0.2, 0) is 4.79 Å². The standard InChI is InChI=1S/C19H16BrN3O4S/c20-13-5-3-4-12(8-13)18-22-23-19(27-18)28-11-17(24)21-9-14-10-25-15-6-1-2-7-16(15)26-14/h1-8,14H,9-11H2,(H,21,24). The summed E-state index contributed by atoms with van der Waals surface area (Å²) in [6.45, 7) is 0.755. The van der Waals surface area contributed by atoms with Gasteiger partial charge in [-0.2, -0.15) is 0 Å². The second-order valence-electron chi connectivity index (χ2n) is 5.97. The third-order valence-electron chi connectivity index (χ3n) is 3.90. The molecule has 0 aliphatic carbocycles. The van der Waals surface area contributed by atoms with Crippen LogP contribution >= 0.6 is 27.7 Å². The fourth-order valence-corrected chi connectivity index (χ4v) is 3.57. The molecule has 1 aromatic heterocycles. The fraction of sp³-hybridized carbons (Fsp3) is 0.211. The molecule has 1 aliphatic rings. The van der Waals surface area contributed by atoms with Crippen molar-refractivity contribution in [2.75, 3.05) is 18.9 Å². The lowest BCUT2D eigenvalue weighted by Crippen LogP contribution is -2.41. The molecule has 1 unspecified atom stereocenters. The van der Waals surface area contributed by atoms with E-state index in [1.165, 1.54) is 11.8 Å². The molecule has 0 saturated heterocycles. The summed E-state index contributed by atoms with van der Waals surface area (Å²) in [7, 11) is 0. The maximum absolute atomic E-state index is 12.1. The maximum Gasteiger partial charge on any atom is 0.277 e. The van der Waals surface area contributed by atoms with Gasteiger partial charge in [0.2, 0.25) is 11.8 Å². The first kappa shape index (κ1) is 18.8. The second-order valence-corrected chi connectivity index (χ2v) is 7.82. The zero-order valence-electron chi connectivity index (χ0n) is 14.6. The van der Waals surface area contributed by atoms with E-state index in [0.717, 1.165) is 15.8 Å². The molecule has 7 nitrogen and oxygen atoms in total. The van der Waals surface area contributed by atoms with Gasteiger partial charge in [-0.3, -0.25) is 4.79 Å². The lowest BCUT2D eigenvalue weighted by Gasteiger charge is -2.26. The molecule has 2 heterocycles. The Hall–Kier alpha value is -2.52. The fourth-order valence-electron chi connectivity index (χ4n) is 2.58. The predicted molar refractivity (Wildman–Crippen MR) is 108 cm³/mol. The summed E-state index contributed by atoms with van der Waals surface area (Å²) in [5.74, 6) is 1.85. The van der Waals surface area contributed by atoms with Crippen molar-refractivity contribution >= 4 is 33.6 Å². The van der Waals surface area contributed by atoms with Crippen molar-refractivity contribution in [3.8, 4) is 23.0 Å². The lowest BCUT2D eigenvalue weighted by atomic mass is 10.2. The van der Waals surface area contributed by atoms with Gasteiger partial charge in [-0.1, -0.05) is 45.9 Å². The van der Waals surface area contributed by atoms with Crippen LogP contribution in [0.4, 0.5) is 0 Å². The Kier molecular flexibility index (Phi) is 5.82. The summed E-state index contributed by atoms with van der Waals surface area (Å²) < 4.78 is 18.0. The maximum atomic E-state index is 12.1. The first-order valence-corrected chi connectivity index (χ1v) is 10.3. The van der Waals surface area contributed by atoms with Crippen LogP contribution in [0.25, 0.3) is 11.5 Å². The van der Waals surface area contributed by atoms with Gasteiger partial charge in [0, 0.05) is 10.0 Å². The van der Waals surface area contributed by atoms with E-state index in [4.69, 9.17) is 13.9 Å². The van der Waals surface area contributed by atoms with Gasteiger partial charge >= 0.3 is 0 Å². The molecule has 0 radical (unpaired) electrons. The number of amides is 1. The van der Waals surface area contributed by atoms with Gasteiger partial charge in [0.15, 0.2) is 11.5 Å². The van der Waals surface area contributed by atoms with E-state index in [2.05, 4.69) is 31.4 Å². The number of halogens is 1. The highest BCUT2D eigenvalue weighted by Gasteiger charge is 2.21. The number of benzene rings is 2. The molecule has 1 N–H and O–H groups in total. The molecule has 144 valence electrons. The SMILES string of the molecule is O=C(CSc1nnc(-c2cccc(Br)c2)o1)NCC1COc2ccccc2O1. The number of carbonyl (C=O) groups is 1. The molecule has 0 saturated carbocycles. The number of fused-ring (bicyclic) bond motifs is 1. The van der Waals surface area contributed by atoms with E-state index in [-0.39, 0.29) is 17.8 Å². The van der Waals surface area contributed by atoms with Crippen LogP contribution in [0.1, 0.15) is 0 Å². The zero-order chi connectivity index (χ0) is 19.3. The largest absolute Gasteiger partial charge is 0.486 e. The highest BCUT2D eigenvalue weighted by Crippen LogP contribution is 2.30. The van der Waals surface area contributed by atoms with Crippen LogP contribution in [0, 0.1) is 0 Å². The number of ether oxygens (including phenoxy) is 2. The first-order valence-electron chi connectivity index (χ1n) is 8.55. The van der Waals surface area contributed by atoms with Gasteiger partial charge in [-0.05, 0) is 30.3 Å². The number of rotatable bonds is 6. The van der Waals surface area contributed by atoms with E-state index < -0.39 is 0 Å². The number of thioether (sulfide) groups is 1. The molecule has 9 heteroatoms. The molecule has 0 bridgehead atoms. The number of hydrogen-bond acceptors (Lipinski definition) is 7. The average molecular weight is 462 g/mol. The Morgan fingerprint density at radius 3 is 2.89 bits per heavy atom. The van der Waals surface area contributed by atoms with Crippen LogP contribution in [0.3, 0.4) is 0 Å². The first-order chi connectivity index (χ1) is 13.7.